The molecule has 0 bridgehead atoms. The maximum Gasteiger partial charge on any atom is 0.193 e. The van der Waals surface area contributed by atoms with Gasteiger partial charge in [-0.15, -0.1) is 0 Å². The number of nitrogens with one attached hydrogen (secondary N) is 1. The molecule has 0 saturated carbocycles. The molecule has 2 aliphatic rings. The highest BCUT2D eigenvalue weighted by Crippen LogP contribution is 2.33. The van der Waals surface area contributed by atoms with E-state index in [1.807, 2.05) is 0 Å². The smallest absolute Gasteiger partial charge is 0.193 e. The minimum atomic E-state index is 0.356. The van der Waals surface area contributed by atoms with Gasteiger partial charge in [0.2, 0.25) is 0 Å². The van der Waals surface area contributed by atoms with Gasteiger partial charge in [-0.2, -0.15) is 0 Å². The van der Waals surface area contributed by atoms with E-state index in [1.54, 1.807) is 0 Å². The molecule has 2 aliphatic heterocycles. The van der Waals surface area contributed by atoms with E-state index in [9.17, 15) is 4.79 Å². The lowest BCUT2D eigenvalue weighted by molar-refractivity contribution is -0.113. The quantitative estimate of drug-likeness (QED) is 0.521. The van der Waals surface area contributed by atoms with Crippen LogP contribution in [0.2, 0.25) is 0 Å². The van der Waals surface area contributed by atoms with E-state index < -0.39 is 0 Å². The molecule has 0 radical (unpaired) electrons. The largest absolute Gasteiger partial charge is 0.316 e. The SMILES string of the molecule is O=C1SCC2CNCC12. The third-order valence-electron chi connectivity index (χ3n) is 2.08. The molecule has 0 spiro atoms. The number of carbonyl (C=O) groups excluding carboxylic acids is 1. The molecule has 2 fully saturated rings. The average molecular weight is 143 g/mol. The summed E-state index contributed by atoms with van der Waals surface area (Å²) in [4.78, 5) is 11.0. The fourth-order valence-corrected chi connectivity index (χ4v) is 2.70. The van der Waals surface area contributed by atoms with Crippen LogP contribution >= 0.6 is 11.8 Å². The van der Waals surface area contributed by atoms with Gasteiger partial charge in [0, 0.05) is 18.2 Å². The van der Waals surface area contributed by atoms with Gasteiger partial charge < -0.3 is 5.32 Å². The first-order chi connectivity index (χ1) is 4.38. The fraction of sp³-hybridized carbons (Fsp3) is 0.833. The Kier molecular flexibility index (Phi) is 1.27. The van der Waals surface area contributed by atoms with E-state index in [2.05, 4.69) is 5.32 Å². The molecule has 0 aromatic rings. The lowest BCUT2D eigenvalue weighted by atomic mass is 10.0. The maximum atomic E-state index is 11.0. The zero-order valence-corrected chi connectivity index (χ0v) is 5.91. The number of rotatable bonds is 0. The van der Waals surface area contributed by atoms with E-state index >= 15 is 0 Å². The summed E-state index contributed by atoms with van der Waals surface area (Å²) in [6.07, 6.45) is 0. The van der Waals surface area contributed by atoms with Crippen LogP contribution in [0, 0.1) is 11.8 Å². The Labute approximate surface area is 58.4 Å². The van der Waals surface area contributed by atoms with Crippen LogP contribution in [0.4, 0.5) is 0 Å². The Balaban J connectivity index is 2.15. The second-order valence-corrected chi connectivity index (χ2v) is 3.68. The van der Waals surface area contributed by atoms with Gasteiger partial charge in [0.1, 0.15) is 0 Å². The predicted octanol–water partition coefficient (Wildman–Crippen LogP) is 0.0954. The zero-order valence-electron chi connectivity index (χ0n) is 5.09. The predicted molar refractivity (Wildman–Crippen MR) is 37.3 cm³/mol. The topological polar surface area (TPSA) is 29.1 Å². The van der Waals surface area contributed by atoms with E-state index in [0.717, 1.165) is 18.8 Å². The summed E-state index contributed by atoms with van der Waals surface area (Å²) < 4.78 is 0. The second-order valence-electron chi connectivity index (χ2n) is 2.65. The first kappa shape index (κ1) is 5.74. The second kappa shape index (κ2) is 1.99. The minimum Gasteiger partial charge on any atom is -0.316 e. The van der Waals surface area contributed by atoms with Gasteiger partial charge in [-0.3, -0.25) is 4.79 Å². The molecule has 0 amide bonds. The van der Waals surface area contributed by atoms with Crippen molar-refractivity contribution in [1.82, 2.24) is 5.32 Å². The lowest BCUT2D eigenvalue weighted by Gasteiger charge is -1.99. The van der Waals surface area contributed by atoms with Gasteiger partial charge >= 0.3 is 0 Å². The average Bonchev–Trinajstić information content (AvgIpc) is 2.35. The van der Waals surface area contributed by atoms with Gasteiger partial charge in [-0.1, -0.05) is 11.8 Å². The summed E-state index contributed by atoms with van der Waals surface area (Å²) >= 11 is 1.51. The van der Waals surface area contributed by atoms with Gasteiger partial charge in [0.05, 0.1) is 0 Å². The van der Waals surface area contributed by atoms with Gasteiger partial charge in [0.25, 0.3) is 0 Å². The van der Waals surface area contributed by atoms with Crippen LogP contribution in [0.1, 0.15) is 0 Å². The Morgan fingerprint density at radius 1 is 1.56 bits per heavy atom. The maximum absolute atomic E-state index is 11.0. The number of carbonyl (C=O) groups is 1. The highest BCUT2D eigenvalue weighted by Gasteiger charge is 2.38. The van der Waals surface area contributed by atoms with E-state index in [4.69, 9.17) is 0 Å². The molecule has 0 aromatic carbocycles. The molecule has 3 heteroatoms. The number of hydrogen-bond acceptors (Lipinski definition) is 3. The summed E-state index contributed by atoms with van der Waals surface area (Å²) in [7, 11) is 0. The molecule has 2 saturated heterocycles. The summed E-state index contributed by atoms with van der Waals surface area (Å²) in [6.45, 7) is 1.99. The standard InChI is InChI=1S/C6H9NOS/c8-6-5-2-7-1-4(5)3-9-6/h4-5,7H,1-3H2. The van der Waals surface area contributed by atoms with E-state index in [0.29, 0.717) is 17.0 Å². The normalized spacial score (nSPS) is 41.6. The van der Waals surface area contributed by atoms with Crippen LogP contribution in [0.5, 0.6) is 0 Å². The Morgan fingerprint density at radius 3 is 3.22 bits per heavy atom. The molecule has 2 rings (SSSR count). The van der Waals surface area contributed by atoms with Gasteiger partial charge in [-0.25, -0.2) is 0 Å². The van der Waals surface area contributed by atoms with Crippen molar-refractivity contribution >= 4 is 16.9 Å². The van der Waals surface area contributed by atoms with Crippen LogP contribution in [0.3, 0.4) is 0 Å². The molecule has 9 heavy (non-hydrogen) atoms. The summed E-state index contributed by atoms with van der Waals surface area (Å²) in [5.41, 5.74) is 0. The molecule has 1 N–H and O–H groups in total. The van der Waals surface area contributed by atoms with Crippen LogP contribution < -0.4 is 5.32 Å². The first-order valence-electron chi connectivity index (χ1n) is 3.25. The zero-order chi connectivity index (χ0) is 6.27. The minimum absolute atomic E-state index is 0.356. The van der Waals surface area contributed by atoms with Crippen molar-refractivity contribution in [3.05, 3.63) is 0 Å². The molecule has 0 aliphatic carbocycles. The molecule has 0 aromatic heterocycles. The Bertz CT molecular complexity index is 148. The van der Waals surface area contributed by atoms with Gasteiger partial charge in [-0.05, 0) is 12.5 Å². The van der Waals surface area contributed by atoms with Crippen molar-refractivity contribution in [2.75, 3.05) is 18.8 Å². The number of fused-ring (bicyclic) bond motifs is 1. The molecule has 2 atom stereocenters. The summed E-state index contributed by atoms with van der Waals surface area (Å²) in [6, 6.07) is 0. The fourth-order valence-electron chi connectivity index (χ4n) is 1.48. The number of hydrogen-bond donors (Lipinski definition) is 1. The molecule has 2 nitrogen and oxygen atoms in total. The number of thioether (sulfide) groups is 1. The Morgan fingerprint density at radius 2 is 2.44 bits per heavy atom. The van der Waals surface area contributed by atoms with Crippen molar-refractivity contribution in [2.45, 2.75) is 0 Å². The van der Waals surface area contributed by atoms with E-state index in [-0.39, 0.29) is 0 Å². The lowest BCUT2D eigenvalue weighted by Crippen LogP contribution is -2.13. The van der Waals surface area contributed by atoms with Crippen molar-refractivity contribution < 1.29 is 4.79 Å². The molecule has 50 valence electrons. The molecular weight excluding hydrogens is 134 g/mol. The molecular formula is C6H9NOS. The third-order valence-corrected chi connectivity index (χ3v) is 3.26. The summed E-state index contributed by atoms with van der Waals surface area (Å²) in [5, 5.41) is 3.63. The van der Waals surface area contributed by atoms with Gasteiger partial charge in [0.15, 0.2) is 5.12 Å². The van der Waals surface area contributed by atoms with Crippen LogP contribution in [0.25, 0.3) is 0 Å². The van der Waals surface area contributed by atoms with Crippen molar-refractivity contribution in [3.8, 4) is 0 Å². The van der Waals surface area contributed by atoms with Crippen molar-refractivity contribution in [3.63, 3.8) is 0 Å². The van der Waals surface area contributed by atoms with E-state index in [1.165, 1.54) is 11.8 Å². The van der Waals surface area contributed by atoms with Crippen molar-refractivity contribution in [2.24, 2.45) is 11.8 Å². The Hall–Kier alpha value is -0.0200. The molecule has 2 heterocycles. The van der Waals surface area contributed by atoms with Crippen molar-refractivity contribution in [1.29, 1.82) is 0 Å². The molecule has 2 unspecified atom stereocenters. The monoisotopic (exact) mass is 143 g/mol. The first-order valence-corrected chi connectivity index (χ1v) is 4.24. The van der Waals surface area contributed by atoms with Crippen LogP contribution in [-0.4, -0.2) is 24.0 Å². The third kappa shape index (κ3) is 0.792. The van der Waals surface area contributed by atoms with Crippen LogP contribution in [0.15, 0.2) is 0 Å². The highest BCUT2D eigenvalue weighted by atomic mass is 32.2. The highest BCUT2D eigenvalue weighted by molar-refractivity contribution is 8.14. The summed E-state index contributed by atoms with van der Waals surface area (Å²) in [5.74, 6) is 2.06. The van der Waals surface area contributed by atoms with Crippen LogP contribution in [-0.2, 0) is 4.79 Å².